The van der Waals surface area contributed by atoms with E-state index in [0.29, 0.717) is 16.5 Å². The van der Waals surface area contributed by atoms with Crippen molar-refractivity contribution in [2.45, 2.75) is 13.3 Å². The van der Waals surface area contributed by atoms with Gasteiger partial charge in [-0.1, -0.05) is 18.5 Å². The maximum Gasteiger partial charge on any atom is 0.348 e. The Hall–Kier alpha value is -1.20. The first-order valence-corrected chi connectivity index (χ1v) is 5.88. The molecule has 0 bridgehead atoms. The van der Waals surface area contributed by atoms with Crippen LogP contribution in [0.3, 0.4) is 0 Å². The largest absolute Gasteiger partial charge is 0.465 e. The zero-order chi connectivity index (χ0) is 11.7. The Bertz CT molecular complexity index is 553. The number of fused-ring (bicyclic) bond motifs is 1. The molecule has 0 radical (unpaired) electrons. The van der Waals surface area contributed by atoms with Gasteiger partial charge in [0, 0.05) is 0 Å². The summed E-state index contributed by atoms with van der Waals surface area (Å²) in [6.45, 7) is 1.96. The van der Waals surface area contributed by atoms with Gasteiger partial charge in [0.2, 0.25) is 0 Å². The molecule has 2 aromatic heterocycles. The van der Waals surface area contributed by atoms with Crippen LogP contribution in [0.25, 0.3) is 10.2 Å². The van der Waals surface area contributed by atoms with Crippen molar-refractivity contribution in [3.05, 3.63) is 21.9 Å². The molecule has 0 spiro atoms. The minimum Gasteiger partial charge on any atom is -0.465 e. The number of carbonyl (C=O) groups excluding carboxylic acids is 1. The molecule has 0 saturated carbocycles. The van der Waals surface area contributed by atoms with E-state index in [1.54, 1.807) is 0 Å². The monoisotopic (exact) mass is 256 g/mol. The van der Waals surface area contributed by atoms with E-state index in [4.69, 9.17) is 16.3 Å². The molecule has 84 valence electrons. The third kappa shape index (κ3) is 1.66. The Kier molecular flexibility index (Phi) is 3.07. The second-order valence-corrected chi connectivity index (χ2v) is 4.46. The molecule has 0 aromatic carbocycles. The van der Waals surface area contributed by atoms with Crippen LogP contribution in [0.15, 0.2) is 6.33 Å². The van der Waals surface area contributed by atoms with Crippen LogP contribution in [0.1, 0.15) is 22.2 Å². The van der Waals surface area contributed by atoms with Crippen LogP contribution in [-0.4, -0.2) is 23.0 Å². The summed E-state index contributed by atoms with van der Waals surface area (Å²) in [5.74, 6) is -0.351. The van der Waals surface area contributed by atoms with Gasteiger partial charge in [-0.05, 0) is 12.0 Å². The van der Waals surface area contributed by atoms with E-state index < -0.39 is 0 Å². The number of aryl methyl sites for hydroxylation is 1. The molecule has 0 unspecified atom stereocenters. The van der Waals surface area contributed by atoms with E-state index in [-0.39, 0.29) is 5.97 Å². The quantitative estimate of drug-likeness (QED) is 0.612. The molecule has 0 aliphatic carbocycles. The number of carbonyl (C=O) groups is 1. The molecule has 16 heavy (non-hydrogen) atoms. The highest BCUT2D eigenvalue weighted by Crippen LogP contribution is 2.34. The van der Waals surface area contributed by atoms with Crippen LogP contribution in [0.4, 0.5) is 0 Å². The number of esters is 1. The molecule has 0 atom stereocenters. The van der Waals surface area contributed by atoms with E-state index >= 15 is 0 Å². The number of rotatable bonds is 2. The average Bonchev–Trinajstić information content (AvgIpc) is 2.68. The number of aromatic nitrogens is 2. The number of ether oxygens (including phenoxy) is 1. The smallest absolute Gasteiger partial charge is 0.348 e. The number of methoxy groups -OCH3 is 1. The molecular weight excluding hydrogens is 248 g/mol. The lowest BCUT2D eigenvalue weighted by Crippen LogP contribution is -2.01. The van der Waals surface area contributed by atoms with Crippen molar-refractivity contribution in [1.82, 2.24) is 9.97 Å². The number of hydrogen-bond acceptors (Lipinski definition) is 5. The second kappa shape index (κ2) is 4.35. The number of thiophene rings is 1. The van der Waals surface area contributed by atoms with Crippen LogP contribution in [-0.2, 0) is 11.2 Å². The molecule has 0 aliphatic heterocycles. The van der Waals surface area contributed by atoms with Gasteiger partial charge in [-0.15, -0.1) is 11.3 Å². The van der Waals surface area contributed by atoms with Crippen LogP contribution < -0.4 is 0 Å². The third-order valence-corrected chi connectivity index (χ3v) is 3.67. The zero-order valence-corrected chi connectivity index (χ0v) is 10.4. The Morgan fingerprint density at radius 3 is 2.94 bits per heavy atom. The molecule has 2 rings (SSSR count). The first kappa shape index (κ1) is 11.3. The highest BCUT2D eigenvalue weighted by molar-refractivity contribution is 7.20. The first-order chi connectivity index (χ1) is 7.69. The SMILES string of the molecule is CCc1c(C(=O)OC)sc2ncnc(Cl)c12. The lowest BCUT2D eigenvalue weighted by atomic mass is 10.1. The maximum absolute atomic E-state index is 11.6. The fourth-order valence-corrected chi connectivity index (χ4v) is 3.00. The van der Waals surface area contributed by atoms with Gasteiger partial charge < -0.3 is 4.74 Å². The minimum absolute atomic E-state index is 0.351. The first-order valence-electron chi connectivity index (χ1n) is 4.69. The fraction of sp³-hybridized carbons (Fsp3) is 0.300. The van der Waals surface area contributed by atoms with Crippen molar-refractivity contribution >= 4 is 39.1 Å². The Balaban J connectivity index is 2.77. The Morgan fingerprint density at radius 2 is 2.31 bits per heavy atom. The minimum atomic E-state index is -0.351. The van der Waals surface area contributed by atoms with Gasteiger partial charge >= 0.3 is 5.97 Å². The molecule has 0 aliphatic rings. The molecule has 2 aromatic rings. The molecular formula is C10H9ClN2O2S. The van der Waals surface area contributed by atoms with E-state index in [2.05, 4.69) is 9.97 Å². The van der Waals surface area contributed by atoms with Crippen molar-refractivity contribution in [1.29, 1.82) is 0 Å². The van der Waals surface area contributed by atoms with Crippen molar-refractivity contribution in [3.8, 4) is 0 Å². The van der Waals surface area contributed by atoms with Gasteiger partial charge in [-0.25, -0.2) is 14.8 Å². The topological polar surface area (TPSA) is 52.1 Å². The van der Waals surface area contributed by atoms with Gasteiger partial charge in [0.15, 0.2) is 0 Å². The molecule has 0 fully saturated rings. The lowest BCUT2D eigenvalue weighted by Gasteiger charge is -1.99. The molecule has 0 N–H and O–H groups in total. The highest BCUT2D eigenvalue weighted by atomic mass is 35.5. The Morgan fingerprint density at radius 1 is 1.56 bits per heavy atom. The standard InChI is InChI=1S/C10H9ClN2O2S/c1-3-5-6-8(11)12-4-13-9(6)16-7(5)10(14)15-2/h4H,3H2,1-2H3. The van der Waals surface area contributed by atoms with Crippen LogP contribution in [0, 0.1) is 0 Å². The van der Waals surface area contributed by atoms with Crippen molar-refractivity contribution < 1.29 is 9.53 Å². The summed E-state index contributed by atoms with van der Waals surface area (Å²) < 4.78 is 4.73. The molecule has 0 amide bonds. The van der Waals surface area contributed by atoms with Gasteiger partial charge in [-0.3, -0.25) is 0 Å². The fourth-order valence-electron chi connectivity index (χ4n) is 1.55. The van der Waals surface area contributed by atoms with Crippen LogP contribution >= 0.6 is 22.9 Å². The van der Waals surface area contributed by atoms with Gasteiger partial charge in [-0.2, -0.15) is 0 Å². The number of halogens is 1. The molecule has 4 nitrogen and oxygen atoms in total. The summed E-state index contributed by atoms with van der Waals surface area (Å²) in [5, 5.41) is 1.14. The molecule has 2 heterocycles. The third-order valence-electron chi connectivity index (χ3n) is 2.27. The summed E-state index contributed by atoms with van der Waals surface area (Å²) >= 11 is 7.29. The zero-order valence-electron chi connectivity index (χ0n) is 8.78. The molecule has 0 saturated heterocycles. The summed E-state index contributed by atoms with van der Waals surface area (Å²) in [6, 6.07) is 0. The van der Waals surface area contributed by atoms with E-state index in [1.807, 2.05) is 6.92 Å². The summed E-state index contributed by atoms with van der Waals surface area (Å²) in [5.41, 5.74) is 0.859. The van der Waals surface area contributed by atoms with Crippen molar-refractivity contribution in [3.63, 3.8) is 0 Å². The van der Waals surface area contributed by atoms with Crippen molar-refractivity contribution in [2.24, 2.45) is 0 Å². The van der Waals surface area contributed by atoms with E-state index in [9.17, 15) is 4.79 Å². The summed E-state index contributed by atoms with van der Waals surface area (Å²) in [6.07, 6.45) is 2.08. The predicted octanol–water partition coefficient (Wildman–Crippen LogP) is 2.69. The van der Waals surface area contributed by atoms with Crippen molar-refractivity contribution in [2.75, 3.05) is 7.11 Å². The highest BCUT2D eigenvalue weighted by Gasteiger charge is 2.20. The average molecular weight is 257 g/mol. The Labute approximate surface area is 101 Å². The van der Waals surface area contributed by atoms with Crippen LogP contribution in [0.5, 0.6) is 0 Å². The normalized spacial score (nSPS) is 10.7. The maximum atomic E-state index is 11.6. The number of nitrogens with zero attached hydrogens (tertiary/aromatic N) is 2. The summed E-state index contributed by atoms with van der Waals surface area (Å²) in [4.78, 5) is 20.9. The molecule has 6 heteroatoms. The van der Waals surface area contributed by atoms with E-state index in [0.717, 1.165) is 15.8 Å². The van der Waals surface area contributed by atoms with Gasteiger partial charge in [0.05, 0.1) is 12.5 Å². The summed E-state index contributed by atoms with van der Waals surface area (Å²) in [7, 11) is 1.36. The second-order valence-electron chi connectivity index (χ2n) is 3.10. The van der Waals surface area contributed by atoms with Gasteiger partial charge in [0.1, 0.15) is 21.2 Å². The predicted molar refractivity (Wildman–Crippen MR) is 63.1 cm³/mol. The number of hydrogen-bond donors (Lipinski definition) is 0. The van der Waals surface area contributed by atoms with Crippen LogP contribution in [0.2, 0.25) is 5.15 Å². The van der Waals surface area contributed by atoms with Gasteiger partial charge in [0.25, 0.3) is 0 Å². The lowest BCUT2D eigenvalue weighted by molar-refractivity contribution is 0.0605. The van der Waals surface area contributed by atoms with E-state index in [1.165, 1.54) is 24.8 Å².